The molecule has 0 heterocycles. The van der Waals surface area contributed by atoms with E-state index >= 15 is 0 Å². The van der Waals surface area contributed by atoms with Crippen molar-refractivity contribution in [3.8, 4) is 0 Å². The van der Waals surface area contributed by atoms with E-state index in [1.54, 1.807) is 24.3 Å². The van der Waals surface area contributed by atoms with Gasteiger partial charge in [0.15, 0.2) is 0 Å². The van der Waals surface area contributed by atoms with Gasteiger partial charge in [0.1, 0.15) is 0 Å². The molecule has 0 aliphatic carbocycles. The van der Waals surface area contributed by atoms with Gasteiger partial charge in [-0.05, 0) is 39.0 Å². The molecule has 3 nitrogen and oxygen atoms in total. The molecule has 0 spiro atoms. The van der Waals surface area contributed by atoms with Crippen molar-refractivity contribution >= 4 is 24.0 Å². The van der Waals surface area contributed by atoms with Crippen molar-refractivity contribution in [1.29, 1.82) is 0 Å². The van der Waals surface area contributed by atoms with Crippen molar-refractivity contribution in [2.75, 3.05) is 5.73 Å². The number of carbonyl (C=O) groups excluding carboxylic acids is 1. The van der Waals surface area contributed by atoms with Crippen LogP contribution in [0, 0.1) is 0 Å². The van der Waals surface area contributed by atoms with Crippen molar-refractivity contribution in [3.63, 3.8) is 0 Å². The second-order valence-corrected chi connectivity index (χ2v) is 4.33. The third-order valence-electron chi connectivity index (χ3n) is 1.64. The minimum atomic E-state index is -0.221. The fraction of sp³-hybridized carbons (Fsp3) is 0.417. The zero-order valence-corrected chi connectivity index (χ0v) is 10.0. The number of hydrogen-bond acceptors (Lipinski definition) is 2. The molecule has 16 heavy (non-hydrogen) atoms. The number of nitrogens with two attached hydrogens (primary N) is 1. The van der Waals surface area contributed by atoms with Crippen molar-refractivity contribution in [1.82, 2.24) is 5.32 Å². The quantitative estimate of drug-likeness (QED) is 0.747. The van der Waals surface area contributed by atoms with Gasteiger partial charge in [0.05, 0.1) is 0 Å². The minimum absolute atomic E-state index is 0. The molecule has 1 aromatic rings. The van der Waals surface area contributed by atoms with E-state index in [9.17, 15) is 4.79 Å². The van der Waals surface area contributed by atoms with Crippen LogP contribution in [0.2, 0.25) is 0 Å². The van der Waals surface area contributed by atoms with E-state index < -0.39 is 0 Å². The van der Waals surface area contributed by atoms with Crippen LogP contribution < -0.4 is 11.1 Å². The highest BCUT2D eigenvalue weighted by molar-refractivity contribution is 5.95. The Bertz CT molecular complexity index is 345. The van der Waals surface area contributed by atoms with Crippen LogP contribution in [0.5, 0.6) is 0 Å². The average Bonchev–Trinajstić information content (AvgIpc) is 2.01. The summed E-state index contributed by atoms with van der Waals surface area (Å²) < 4.78 is 0. The van der Waals surface area contributed by atoms with E-state index in [-0.39, 0.29) is 31.3 Å². The molecule has 0 atom stereocenters. The van der Waals surface area contributed by atoms with Crippen LogP contribution in [0.4, 0.5) is 5.69 Å². The Labute approximate surface area is 104 Å². The van der Waals surface area contributed by atoms with E-state index in [0.717, 1.165) is 0 Å². The summed E-state index contributed by atoms with van der Waals surface area (Å²) in [6, 6.07) is 6.94. The highest BCUT2D eigenvalue weighted by atomic mass is 35.5. The fourth-order valence-corrected chi connectivity index (χ4v) is 1.09. The number of halogens is 1. The smallest absolute Gasteiger partial charge is 0.251 e. The number of rotatable bonds is 1. The number of benzene rings is 1. The molecule has 0 aliphatic rings. The monoisotopic (exact) mass is 244 g/mol. The zero-order valence-electron chi connectivity index (χ0n) is 9.20. The number of amides is 1. The lowest BCUT2D eigenvalue weighted by Gasteiger charge is -2.20. The molecule has 0 saturated carbocycles. The summed E-state index contributed by atoms with van der Waals surface area (Å²) in [6.45, 7) is 5.82. The maximum absolute atomic E-state index is 11.6. The Hall–Kier alpha value is -1.22. The van der Waals surface area contributed by atoms with Gasteiger partial charge < -0.3 is 11.1 Å². The number of carbonyl (C=O) groups is 1. The van der Waals surface area contributed by atoms with Crippen LogP contribution in [0.3, 0.4) is 0 Å². The Morgan fingerprint density at radius 3 is 2.31 bits per heavy atom. The molecular formula is C12H21ClN2O. The van der Waals surface area contributed by atoms with Crippen molar-refractivity contribution < 1.29 is 4.79 Å². The minimum Gasteiger partial charge on any atom is -0.399 e. The van der Waals surface area contributed by atoms with Gasteiger partial charge >= 0.3 is 0 Å². The molecular weight excluding hydrogens is 224 g/mol. The Balaban J connectivity index is 0. The number of anilines is 1. The van der Waals surface area contributed by atoms with Crippen molar-refractivity contribution in [2.45, 2.75) is 33.7 Å². The van der Waals surface area contributed by atoms with Crippen LogP contribution in [0.15, 0.2) is 24.3 Å². The molecule has 0 unspecified atom stereocenters. The predicted molar refractivity (Wildman–Crippen MR) is 72.1 cm³/mol. The molecule has 0 aromatic heterocycles. The molecule has 0 fully saturated rings. The largest absolute Gasteiger partial charge is 0.399 e. The summed E-state index contributed by atoms with van der Waals surface area (Å²) in [6.07, 6.45) is 0. The first-order chi connectivity index (χ1) is 6.38. The third-order valence-corrected chi connectivity index (χ3v) is 1.64. The highest BCUT2D eigenvalue weighted by Crippen LogP contribution is 2.08. The van der Waals surface area contributed by atoms with Crippen LogP contribution in [0.25, 0.3) is 0 Å². The lowest BCUT2D eigenvalue weighted by molar-refractivity contribution is 0.0919. The molecule has 0 radical (unpaired) electrons. The summed E-state index contributed by atoms with van der Waals surface area (Å²) >= 11 is 0. The summed E-state index contributed by atoms with van der Waals surface area (Å²) in [5.41, 5.74) is 6.56. The van der Waals surface area contributed by atoms with Gasteiger partial charge in [-0.3, -0.25) is 4.79 Å². The summed E-state index contributed by atoms with van der Waals surface area (Å²) in [5.74, 6) is -0.0928. The predicted octanol–water partition coefficient (Wildman–Crippen LogP) is 2.86. The van der Waals surface area contributed by atoms with E-state index in [2.05, 4.69) is 5.32 Å². The molecule has 1 amide bonds. The molecule has 0 bridgehead atoms. The highest BCUT2D eigenvalue weighted by Gasteiger charge is 2.14. The van der Waals surface area contributed by atoms with Crippen LogP contribution in [0.1, 0.15) is 38.6 Å². The molecule has 92 valence electrons. The molecule has 4 heteroatoms. The van der Waals surface area contributed by atoms with Gasteiger partial charge in [-0.2, -0.15) is 0 Å². The second kappa shape index (κ2) is 6.38. The number of nitrogens with one attached hydrogen (secondary N) is 1. The summed E-state index contributed by atoms with van der Waals surface area (Å²) in [4.78, 5) is 11.6. The van der Waals surface area contributed by atoms with Gasteiger partial charge in [-0.25, -0.2) is 0 Å². The maximum atomic E-state index is 11.6. The maximum Gasteiger partial charge on any atom is 0.251 e. The van der Waals surface area contributed by atoms with Crippen LogP contribution in [-0.2, 0) is 0 Å². The molecule has 0 aliphatic heterocycles. The molecule has 3 N–H and O–H groups in total. The zero-order chi connectivity index (χ0) is 10.8. The van der Waals surface area contributed by atoms with E-state index in [1.807, 2.05) is 20.8 Å². The van der Waals surface area contributed by atoms with Gasteiger partial charge in [-0.15, -0.1) is 12.4 Å². The topological polar surface area (TPSA) is 55.1 Å². The van der Waals surface area contributed by atoms with E-state index in [0.29, 0.717) is 11.3 Å². The van der Waals surface area contributed by atoms with E-state index in [1.165, 1.54) is 0 Å². The number of hydrogen-bond donors (Lipinski definition) is 2. The first kappa shape index (κ1) is 17.2. The Morgan fingerprint density at radius 1 is 1.31 bits per heavy atom. The lowest BCUT2D eigenvalue weighted by atomic mass is 10.1. The number of nitrogen functional groups attached to an aromatic ring is 1. The van der Waals surface area contributed by atoms with Gasteiger partial charge in [0.2, 0.25) is 0 Å². The third kappa shape index (κ3) is 5.61. The van der Waals surface area contributed by atoms with Crippen molar-refractivity contribution in [3.05, 3.63) is 29.8 Å². The normalized spacial score (nSPS) is 9.69. The Kier molecular flexibility index (Phi) is 6.85. The van der Waals surface area contributed by atoms with Crippen molar-refractivity contribution in [2.24, 2.45) is 0 Å². The molecule has 0 saturated heterocycles. The average molecular weight is 245 g/mol. The Morgan fingerprint density at radius 2 is 1.88 bits per heavy atom. The fourth-order valence-electron chi connectivity index (χ4n) is 1.09. The first-order valence-corrected chi connectivity index (χ1v) is 4.56. The second-order valence-electron chi connectivity index (χ2n) is 4.33. The lowest BCUT2D eigenvalue weighted by Crippen LogP contribution is -2.40. The van der Waals surface area contributed by atoms with Crippen LogP contribution in [-0.4, -0.2) is 11.4 Å². The first-order valence-electron chi connectivity index (χ1n) is 4.56. The van der Waals surface area contributed by atoms with E-state index in [4.69, 9.17) is 5.73 Å². The van der Waals surface area contributed by atoms with Gasteiger partial charge in [0.25, 0.3) is 5.91 Å². The van der Waals surface area contributed by atoms with Gasteiger partial charge in [0, 0.05) is 16.8 Å². The summed E-state index contributed by atoms with van der Waals surface area (Å²) in [5, 5.41) is 2.87. The standard InChI is InChI=1S/C11H16N2O.CH4.ClH/c1-11(2,3)13-10(14)8-5-4-6-9(12)7-8;;/h4-7H,12H2,1-3H3,(H,13,14);1H4;1H. The molecule has 1 rings (SSSR count). The molecule has 1 aromatic carbocycles. The SMILES string of the molecule is C.CC(C)(C)NC(=O)c1cccc(N)c1.Cl. The summed E-state index contributed by atoms with van der Waals surface area (Å²) in [7, 11) is 0. The van der Waals surface area contributed by atoms with Gasteiger partial charge in [-0.1, -0.05) is 13.5 Å². The van der Waals surface area contributed by atoms with Crippen LogP contribution >= 0.6 is 12.4 Å².